The molecule has 2 aromatic rings. The second-order valence-corrected chi connectivity index (χ2v) is 4.75. The summed E-state index contributed by atoms with van der Waals surface area (Å²) in [6.45, 7) is 1.19. The van der Waals surface area contributed by atoms with Gasteiger partial charge in [-0.05, 0) is 0 Å². The van der Waals surface area contributed by atoms with Gasteiger partial charge in [-0.2, -0.15) is 4.98 Å². The van der Waals surface area contributed by atoms with Crippen LogP contribution in [-0.4, -0.2) is 35.2 Å². The van der Waals surface area contributed by atoms with Crippen molar-refractivity contribution in [2.75, 3.05) is 13.2 Å². The molecule has 1 aromatic heterocycles. The Morgan fingerprint density at radius 1 is 1.29 bits per heavy atom. The minimum absolute atomic E-state index is 0.0516. The highest BCUT2D eigenvalue weighted by Gasteiger charge is 2.19. The van der Waals surface area contributed by atoms with Gasteiger partial charge in [-0.1, -0.05) is 30.3 Å². The van der Waals surface area contributed by atoms with Gasteiger partial charge in [0.25, 0.3) is 5.91 Å². The number of ether oxygens (including phenoxy) is 2. The predicted molar refractivity (Wildman–Crippen MR) is 75.8 cm³/mol. The molecule has 1 amide bonds. The van der Waals surface area contributed by atoms with Crippen LogP contribution in [0.5, 0.6) is 5.88 Å². The van der Waals surface area contributed by atoms with Crippen molar-refractivity contribution in [2.45, 2.75) is 12.5 Å². The Balaban J connectivity index is 1.95. The average molecular weight is 285 g/mol. The normalized spacial score (nSPS) is 17.6. The lowest BCUT2D eigenvalue weighted by molar-refractivity contribution is 0.0993. The Bertz CT molecular complexity index is 640. The smallest absolute Gasteiger partial charge is 0.267 e. The zero-order valence-electron chi connectivity index (χ0n) is 11.4. The Morgan fingerprint density at radius 2 is 2.10 bits per heavy atom. The number of hydrogen-bond donors (Lipinski definition) is 1. The zero-order chi connectivity index (χ0) is 14.7. The maximum absolute atomic E-state index is 11.4. The van der Waals surface area contributed by atoms with Gasteiger partial charge in [0.1, 0.15) is 11.8 Å². The molecule has 1 atom stereocenters. The van der Waals surface area contributed by atoms with Gasteiger partial charge in [0, 0.05) is 18.1 Å². The molecule has 1 aromatic carbocycles. The predicted octanol–water partition coefficient (Wildman–Crippen LogP) is 1.41. The topological polar surface area (TPSA) is 87.3 Å². The van der Waals surface area contributed by atoms with Crippen LogP contribution in [-0.2, 0) is 4.74 Å². The fraction of sp³-hybridized carbons (Fsp3) is 0.267. The lowest BCUT2D eigenvalue weighted by atomic mass is 10.2. The van der Waals surface area contributed by atoms with Gasteiger partial charge < -0.3 is 15.2 Å². The number of carbonyl (C=O) groups is 1. The number of rotatable bonds is 4. The molecule has 1 aliphatic heterocycles. The number of aromatic nitrogens is 2. The second-order valence-electron chi connectivity index (χ2n) is 4.75. The van der Waals surface area contributed by atoms with Crippen LogP contribution in [0.2, 0.25) is 0 Å². The Kier molecular flexibility index (Phi) is 3.79. The molecule has 1 aliphatic rings. The fourth-order valence-electron chi connectivity index (χ4n) is 2.10. The van der Waals surface area contributed by atoms with E-state index in [2.05, 4.69) is 9.97 Å². The summed E-state index contributed by atoms with van der Waals surface area (Å²) >= 11 is 0. The number of hydrogen-bond acceptors (Lipinski definition) is 5. The van der Waals surface area contributed by atoms with Crippen LogP contribution in [0.1, 0.15) is 16.9 Å². The molecule has 0 bridgehead atoms. The molecule has 1 saturated heterocycles. The summed E-state index contributed by atoms with van der Waals surface area (Å²) < 4.78 is 11.0. The molecule has 0 spiro atoms. The Morgan fingerprint density at radius 3 is 2.76 bits per heavy atom. The molecule has 0 saturated carbocycles. The lowest BCUT2D eigenvalue weighted by Gasteiger charge is -2.12. The van der Waals surface area contributed by atoms with E-state index in [9.17, 15) is 4.79 Å². The minimum atomic E-state index is -0.609. The average Bonchev–Trinajstić information content (AvgIpc) is 3.01. The molecule has 21 heavy (non-hydrogen) atoms. The zero-order valence-corrected chi connectivity index (χ0v) is 11.4. The second kappa shape index (κ2) is 5.88. The van der Waals surface area contributed by atoms with E-state index < -0.39 is 5.91 Å². The summed E-state index contributed by atoms with van der Waals surface area (Å²) in [7, 11) is 0. The van der Waals surface area contributed by atoms with Crippen molar-refractivity contribution in [1.29, 1.82) is 0 Å². The Hall–Kier alpha value is -2.47. The van der Waals surface area contributed by atoms with E-state index in [1.54, 1.807) is 0 Å². The van der Waals surface area contributed by atoms with Gasteiger partial charge in [-0.25, -0.2) is 4.98 Å². The number of nitrogens with two attached hydrogens (primary N) is 1. The maximum Gasteiger partial charge on any atom is 0.267 e. The number of amides is 1. The summed E-state index contributed by atoms with van der Waals surface area (Å²) in [4.78, 5) is 20.0. The molecule has 0 aliphatic carbocycles. The summed E-state index contributed by atoms with van der Waals surface area (Å²) in [5, 5.41) is 0. The van der Waals surface area contributed by atoms with Gasteiger partial charge >= 0.3 is 0 Å². The minimum Gasteiger partial charge on any atom is -0.472 e. The first kappa shape index (κ1) is 13.5. The molecule has 0 unspecified atom stereocenters. The van der Waals surface area contributed by atoms with Crippen LogP contribution >= 0.6 is 0 Å². The third kappa shape index (κ3) is 3.17. The molecule has 2 heterocycles. The van der Waals surface area contributed by atoms with Crippen LogP contribution < -0.4 is 10.5 Å². The van der Waals surface area contributed by atoms with Crippen LogP contribution in [0, 0.1) is 0 Å². The van der Waals surface area contributed by atoms with Crippen LogP contribution in [0.15, 0.2) is 36.4 Å². The van der Waals surface area contributed by atoms with Crippen molar-refractivity contribution in [3.63, 3.8) is 0 Å². The molecule has 2 N–H and O–H groups in total. The molecular weight excluding hydrogens is 270 g/mol. The van der Waals surface area contributed by atoms with E-state index in [0.717, 1.165) is 12.0 Å². The molecule has 3 rings (SSSR count). The highest BCUT2D eigenvalue weighted by Crippen LogP contribution is 2.21. The molecule has 0 radical (unpaired) electrons. The maximum atomic E-state index is 11.4. The van der Waals surface area contributed by atoms with Crippen molar-refractivity contribution < 1.29 is 14.3 Å². The SMILES string of the molecule is NC(=O)c1cc(O[C@@H]2CCOC2)nc(-c2ccccc2)n1. The van der Waals surface area contributed by atoms with Crippen LogP contribution in [0.4, 0.5) is 0 Å². The monoisotopic (exact) mass is 285 g/mol. The summed E-state index contributed by atoms with van der Waals surface area (Å²) in [6.07, 6.45) is 0.751. The van der Waals surface area contributed by atoms with E-state index in [-0.39, 0.29) is 11.8 Å². The van der Waals surface area contributed by atoms with Crippen molar-refractivity contribution in [3.8, 4) is 17.3 Å². The van der Waals surface area contributed by atoms with Crippen molar-refractivity contribution in [1.82, 2.24) is 9.97 Å². The van der Waals surface area contributed by atoms with Gasteiger partial charge in [-0.3, -0.25) is 4.79 Å². The highest BCUT2D eigenvalue weighted by molar-refractivity contribution is 5.91. The van der Waals surface area contributed by atoms with Crippen molar-refractivity contribution in [3.05, 3.63) is 42.1 Å². The highest BCUT2D eigenvalue weighted by atomic mass is 16.5. The molecule has 6 nitrogen and oxygen atoms in total. The first-order valence-electron chi connectivity index (χ1n) is 6.71. The lowest BCUT2D eigenvalue weighted by Crippen LogP contribution is -2.19. The van der Waals surface area contributed by atoms with E-state index in [0.29, 0.717) is 24.9 Å². The number of carbonyl (C=O) groups excluding carboxylic acids is 1. The Labute approximate surface area is 121 Å². The quantitative estimate of drug-likeness (QED) is 0.917. The van der Waals surface area contributed by atoms with Gasteiger partial charge in [0.15, 0.2) is 5.82 Å². The summed E-state index contributed by atoms with van der Waals surface area (Å²) in [5.74, 6) is 0.149. The third-order valence-corrected chi connectivity index (χ3v) is 3.16. The standard InChI is InChI=1S/C15H15N3O3/c16-14(19)12-8-13(21-11-6-7-20-9-11)18-15(17-12)10-4-2-1-3-5-10/h1-5,8,11H,6-7,9H2,(H2,16,19)/t11-/m1/s1. The number of benzene rings is 1. The summed E-state index contributed by atoms with van der Waals surface area (Å²) in [5.41, 5.74) is 6.26. The van der Waals surface area contributed by atoms with E-state index in [1.807, 2.05) is 30.3 Å². The molecule has 1 fully saturated rings. The number of nitrogens with zero attached hydrogens (tertiary/aromatic N) is 2. The van der Waals surface area contributed by atoms with Gasteiger partial charge in [-0.15, -0.1) is 0 Å². The number of primary amides is 1. The van der Waals surface area contributed by atoms with Crippen LogP contribution in [0.3, 0.4) is 0 Å². The van der Waals surface area contributed by atoms with Crippen molar-refractivity contribution in [2.24, 2.45) is 5.73 Å². The largest absolute Gasteiger partial charge is 0.472 e. The van der Waals surface area contributed by atoms with Crippen LogP contribution in [0.25, 0.3) is 11.4 Å². The molecule has 6 heteroatoms. The van der Waals surface area contributed by atoms with Crippen molar-refractivity contribution >= 4 is 5.91 Å². The van der Waals surface area contributed by atoms with Gasteiger partial charge in [0.05, 0.1) is 13.2 Å². The van der Waals surface area contributed by atoms with E-state index in [1.165, 1.54) is 6.07 Å². The van der Waals surface area contributed by atoms with Gasteiger partial charge in [0.2, 0.25) is 5.88 Å². The summed E-state index contributed by atoms with van der Waals surface area (Å²) in [6, 6.07) is 10.8. The molecule has 108 valence electrons. The third-order valence-electron chi connectivity index (χ3n) is 3.16. The molecular formula is C15H15N3O3. The fourth-order valence-corrected chi connectivity index (χ4v) is 2.10. The first-order chi connectivity index (χ1) is 10.2. The van der Waals surface area contributed by atoms with E-state index in [4.69, 9.17) is 15.2 Å². The first-order valence-corrected chi connectivity index (χ1v) is 6.71. The van der Waals surface area contributed by atoms with E-state index >= 15 is 0 Å².